The van der Waals surface area contributed by atoms with E-state index in [0.29, 0.717) is 13.1 Å². The first kappa shape index (κ1) is 13.7. The molecule has 2 aromatic heterocycles. The van der Waals surface area contributed by atoms with Crippen LogP contribution >= 0.6 is 0 Å². The Balaban J connectivity index is 1.75. The number of aromatic nitrogens is 4. The van der Waals surface area contributed by atoms with Crippen molar-refractivity contribution in [3.63, 3.8) is 0 Å². The number of alkyl halides is 1. The largest absolute Gasteiger partial charge is 0.307 e. The molecule has 5 nitrogen and oxygen atoms in total. The summed E-state index contributed by atoms with van der Waals surface area (Å²) in [4.78, 5) is 0. The maximum absolute atomic E-state index is 12.1. The van der Waals surface area contributed by atoms with Gasteiger partial charge in [0.25, 0.3) is 0 Å². The minimum atomic E-state index is -0.384. The van der Waals surface area contributed by atoms with Crippen molar-refractivity contribution in [2.45, 2.75) is 39.5 Å². The van der Waals surface area contributed by atoms with Gasteiger partial charge in [0.15, 0.2) is 0 Å². The average molecular weight is 265 g/mol. The van der Waals surface area contributed by atoms with Crippen LogP contribution in [0.5, 0.6) is 0 Å². The molecule has 2 aromatic rings. The molecule has 0 saturated carbocycles. The summed E-state index contributed by atoms with van der Waals surface area (Å²) in [7, 11) is 0. The van der Waals surface area contributed by atoms with Crippen LogP contribution < -0.4 is 5.32 Å². The van der Waals surface area contributed by atoms with Crippen molar-refractivity contribution in [1.29, 1.82) is 0 Å². The molecule has 0 aliphatic rings. The van der Waals surface area contributed by atoms with Crippen LogP contribution in [0.3, 0.4) is 0 Å². The van der Waals surface area contributed by atoms with Gasteiger partial charge in [0, 0.05) is 37.6 Å². The molecule has 0 saturated heterocycles. The number of hydrogen-bond donors (Lipinski definition) is 1. The van der Waals surface area contributed by atoms with Crippen molar-refractivity contribution in [2.24, 2.45) is 0 Å². The van der Waals surface area contributed by atoms with Crippen LogP contribution in [0, 0.1) is 0 Å². The van der Waals surface area contributed by atoms with Gasteiger partial charge in [-0.3, -0.25) is 9.36 Å². The molecule has 0 amide bonds. The Morgan fingerprint density at radius 3 is 2.95 bits per heavy atom. The van der Waals surface area contributed by atoms with Gasteiger partial charge in [0.2, 0.25) is 0 Å². The summed E-state index contributed by atoms with van der Waals surface area (Å²) in [5, 5.41) is 11.8. The topological polar surface area (TPSA) is 47.7 Å². The summed E-state index contributed by atoms with van der Waals surface area (Å²) >= 11 is 0. The zero-order valence-corrected chi connectivity index (χ0v) is 11.2. The fourth-order valence-electron chi connectivity index (χ4n) is 1.89. The number of hydrogen-bond acceptors (Lipinski definition) is 3. The first-order valence-corrected chi connectivity index (χ1v) is 6.62. The first-order chi connectivity index (χ1) is 9.31. The van der Waals surface area contributed by atoms with E-state index in [1.165, 1.54) is 0 Å². The normalized spacial score (nSPS) is 11.1. The first-order valence-electron chi connectivity index (χ1n) is 6.62. The Hall–Kier alpha value is -1.69. The van der Waals surface area contributed by atoms with E-state index >= 15 is 0 Å². The van der Waals surface area contributed by atoms with Crippen molar-refractivity contribution in [2.75, 3.05) is 6.67 Å². The van der Waals surface area contributed by atoms with E-state index in [4.69, 9.17) is 0 Å². The Morgan fingerprint density at radius 2 is 2.16 bits per heavy atom. The van der Waals surface area contributed by atoms with Gasteiger partial charge < -0.3 is 5.32 Å². The predicted octanol–water partition coefficient (Wildman–Crippen LogP) is 1.75. The number of halogens is 1. The van der Waals surface area contributed by atoms with Crippen LogP contribution in [0.2, 0.25) is 0 Å². The molecular formula is C13H20FN5. The molecule has 1 N–H and O–H groups in total. The second-order valence-electron chi connectivity index (χ2n) is 4.47. The lowest BCUT2D eigenvalue weighted by Crippen LogP contribution is -2.13. The zero-order valence-electron chi connectivity index (χ0n) is 11.2. The minimum absolute atomic E-state index is 0.323. The molecule has 0 fully saturated rings. The van der Waals surface area contributed by atoms with E-state index in [1.807, 2.05) is 16.9 Å². The Bertz CT molecular complexity index is 446. The van der Waals surface area contributed by atoms with Crippen LogP contribution in [-0.2, 0) is 26.2 Å². The molecule has 0 aromatic carbocycles. The number of rotatable bonds is 8. The molecule has 19 heavy (non-hydrogen) atoms. The standard InChI is InChI=1S/C13H20FN5/c1-2-5-19-11-12(9-16-19)8-15-10-13-3-6-18(17-13)7-4-14/h3,6,9,11,15H,2,4-5,7-8,10H2,1H3. The van der Waals surface area contributed by atoms with E-state index in [-0.39, 0.29) is 6.67 Å². The van der Waals surface area contributed by atoms with Crippen LogP contribution in [0.1, 0.15) is 24.6 Å². The van der Waals surface area contributed by atoms with Crippen molar-refractivity contribution in [3.05, 3.63) is 35.9 Å². The SMILES string of the molecule is CCCn1cc(CNCc2ccn(CCF)n2)cn1. The highest BCUT2D eigenvalue weighted by Gasteiger charge is 2.01. The highest BCUT2D eigenvalue weighted by molar-refractivity contribution is 5.04. The maximum Gasteiger partial charge on any atom is 0.109 e. The average Bonchev–Trinajstić information content (AvgIpc) is 3.01. The summed E-state index contributed by atoms with van der Waals surface area (Å²) in [6.07, 6.45) is 6.82. The molecule has 2 rings (SSSR count). The number of nitrogens with one attached hydrogen (secondary N) is 1. The molecule has 0 radical (unpaired) electrons. The molecule has 0 aliphatic carbocycles. The van der Waals surface area contributed by atoms with Crippen molar-refractivity contribution >= 4 is 0 Å². The van der Waals surface area contributed by atoms with Gasteiger partial charge in [-0.05, 0) is 12.5 Å². The molecule has 104 valence electrons. The molecule has 2 heterocycles. The van der Waals surface area contributed by atoms with E-state index in [1.54, 1.807) is 10.9 Å². The summed E-state index contributed by atoms with van der Waals surface area (Å²) in [6.45, 7) is 4.47. The number of aryl methyl sites for hydroxylation is 2. The van der Waals surface area contributed by atoms with Crippen molar-refractivity contribution < 1.29 is 4.39 Å². The van der Waals surface area contributed by atoms with E-state index in [0.717, 1.165) is 30.8 Å². The predicted molar refractivity (Wildman–Crippen MR) is 71.3 cm³/mol. The van der Waals surface area contributed by atoms with Gasteiger partial charge in [0.1, 0.15) is 6.67 Å². The smallest absolute Gasteiger partial charge is 0.109 e. The van der Waals surface area contributed by atoms with Gasteiger partial charge in [-0.1, -0.05) is 6.92 Å². The monoisotopic (exact) mass is 265 g/mol. The molecular weight excluding hydrogens is 245 g/mol. The third-order valence-corrected chi connectivity index (χ3v) is 2.78. The van der Waals surface area contributed by atoms with Crippen LogP contribution in [0.25, 0.3) is 0 Å². The second kappa shape index (κ2) is 7.04. The second-order valence-corrected chi connectivity index (χ2v) is 4.47. The van der Waals surface area contributed by atoms with Gasteiger partial charge in [-0.15, -0.1) is 0 Å². The third kappa shape index (κ3) is 4.17. The Kier molecular flexibility index (Phi) is 5.09. The van der Waals surface area contributed by atoms with Crippen molar-refractivity contribution in [1.82, 2.24) is 24.9 Å². The molecule has 0 aliphatic heterocycles. The lowest BCUT2D eigenvalue weighted by atomic mass is 10.3. The summed E-state index contributed by atoms with van der Waals surface area (Å²) in [6, 6.07) is 1.91. The molecule has 0 spiro atoms. The maximum atomic E-state index is 12.1. The van der Waals surface area contributed by atoms with E-state index in [2.05, 4.69) is 28.6 Å². The van der Waals surface area contributed by atoms with Gasteiger partial charge in [-0.25, -0.2) is 4.39 Å². The molecule has 0 atom stereocenters. The Morgan fingerprint density at radius 1 is 1.26 bits per heavy atom. The van der Waals surface area contributed by atoms with E-state index in [9.17, 15) is 4.39 Å². The minimum Gasteiger partial charge on any atom is -0.307 e. The van der Waals surface area contributed by atoms with Crippen LogP contribution in [-0.4, -0.2) is 26.2 Å². The van der Waals surface area contributed by atoms with Gasteiger partial charge in [-0.2, -0.15) is 10.2 Å². The number of nitrogens with zero attached hydrogens (tertiary/aromatic N) is 4. The Labute approximate surface area is 112 Å². The fourth-order valence-corrected chi connectivity index (χ4v) is 1.89. The molecule has 6 heteroatoms. The fraction of sp³-hybridized carbons (Fsp3) is 0.538. The third-order valence-electron chi connectivity index (χ3n) is 2.78. The lowest BCUT2D eigenvalue weighted by Gasteiger charge is -2.00. The van der Waals surface area contributed by atoms with Crippen LogP contribution in [0.15, 0.2) is 24.7 Å². The highest BCUT2D eigenvalue weighted by atomic mass is 19.1. The molecule has 0 bridgehead atoms. The van der Waals surface area contributed by atoms with E-state index < -0.39 is 0 Å². The van der Waals surface area contributed by atoms with Crippen LogP contribution in [0.4, 0.5) is 4.39 Å². The highest BCUT2D eigenvalue weighted by Crippen LogP contribution is 2.00. The lowest BCUT2D eigenvalue weighted by molar-refractivity contribution is 0.425. The summed E-state index contributed by atoms with van der Waals surface area (Å²) < 4.78 is 15.7. The summed E-state index contributed by atoms with van der Waals surface area (Å²) in [5.74, 6) is 0. The van der Waals surface area contributed by atoms with Gasteiger partial charge >= 0.3 is 0 Å². The quantitative estimate of drug-likeness (QED) is 0.791. The molecule has 0 unspecified atom stereocenters. The van der Waals surface area contributed by atoms with Gasteiger partial charge in [0.05, 0.1) is 18.4 Å². The van der Waals surface area contributed by atoms with Crippen molar-refractivity contribution in [3.8, 4) is 0 Å². The summed E-state index contributed by atoms with van der Waals surface area (Å²) in [5.41, 5.74) is 2.09. The zero-order chi connectivity index (χ0) is 13.5.